The Bertz CT molecular complexity index is 926. The number of aromatic nitrogens is 2. The molecule has 8 nitrogen and oxygen atoms in total. The summed E-state index contributed by atoms with van der Waals surface area (Å²) in [5, 5.41) is 9.83. The molecule has 0 radical (unpaired) electrons. The molecule has 2 aliphatic rings. The fraction of sp³-hybridized carbons (Fsp3) is 0.524. The number of hydrogen-bond acceptors (Lipinski definition) is 6. The van der Waals surface area contributed by atoms with Gasteiger partial charge in [-0.25, -0.2) is 4.68 Å². The lowest BCUT2D eigenvalue weighted by atomic mass is 9.97. The minimum absolute atomic E-state index is 0.0425. The van der Waals surface area contributed by atoms with Gasteiger partial charge in [-0.1, -0.05) is 12.1 Å². The molecular weight excluding hydrogens is 427 g/mol. The Morgan fingerprint density at radius 1 is 1.28 bits per heavy atom. The second-order valence-corrected chi connectivity index (χ2v) is 7.83. The van der Waals surface area contributed by atoms with Crippen LogP contribution in [0.1, 0.15) is 34.6 Å². The zero-order valence-electron chi connectivity index (χ0n) is 17.7. The normalized spacial score (nSPS) is 21.5. The predicted molar refractivity (Wildman–Crippen MR) is 111 cm³/mol. The maximum atomic E-state index is 13.8. The molecule has 32 heavy (non-hydrogen) atoms. The van der Waals surface area contributed by atoms with Crippen LogP contribution >= 0.6 is 0 Å². The van der Waals surface area contributed by atoms with E-state index < -0.39 is 24.2 Å². The number of morpholine rings is 1. The van der Waals surface area contributed by atoms with Crippen LogP contribution < -0.4 is 15.4 Å². The third-order valence-electron chi connectivity index (χ3n) is 5.76. The Labute approximate surface area is 183 Å². The predicted octanol–water partition coefficient (Wildman–Crippen LogP) is 2.61. The van der Waals surface area contributed by atoms with Crippen molar-refractivity contribution in [2.24, 2.45) is 0 Å². The van der Waals surface area contributed by atoms with Gasteiger partial charge in [-0.3, -0.25) is 9.69 Å². The number of anilines is 1. The number of fused-ring (bicyclic) bond motifs is 1. The van der Waals surface area contributed by atoms with Crippen LogP contribution in [0, 0.1) is 0 Å². The van der Waals surface area contributed by atoms with Crippen LogP contribution in [-0.2, 0) is 4.74 Å². The summed E-state index contributed by atoms with van der Waals surface area (Å²) in [6.45, 7) is 3.91. The molecule has 2 atom stereocenters. The first-order chi connectivity index (χ1) is 15.3. The summed E-state index contributed by atoms with van der Waals surface area (Å²) < 4.78 is 52.7. The van der Waals surface area contributed by atoms with E-state index in [4.69, 9.17) is 9.47 Å². The van der Waals surface area contributed by atoms with E-state index in [0.29, 0.717) is 37.6 Å². The first kappa shape index (κ1) is 22.4. The number of amides is 1. The number of carbonyl (C=O) groups is 1. The summed E-state index contributed by atoms with van der Waals surface area (Å²) in [6, 6.07) is 5.84. The van der Waals surface area contributed by atoms with Crippen LogP contribution in [0.25, 0.3) is 0 Å². The number of hydrogen-bond donors (Lipinski definition) is 2. The fourth-order valence-corrected chi connectivity index (χ4v) is 3.98. The molecule has 0 bridgehead atoms. The van der Waals surface area contributed by atoms with Crippen LogP contribution in [0.2, 0.25) is 0 Å². The summed E-state index contributed by atoms with van der Waals surface area (Å²) in [5.41, 5.74) is 0.656. The molecule has 1 aromatic carbocycles. The van der Waals surface area contributed by atoms with Gasteiger partial charge in [0.25, 0.3) is 5.91 Å². The Morgan fingerprint density at radius 2 is 2.00 bits per heavy atom. The van der Waals surface area contributed by atoms with E-state index in [0.717, 1.165) is 17.8 Å². The highest BCUT2D eigenvalue weighted by Gasteiger charge is 2.46. The van der Waals surface area contributed by atoms with Crippen molar-refractivity contribution in [1.29, 1.82) is 0 Å². The molecule has 0 spiro atoms. The molecule has 2 aliphatic heterocycles. The molecule has 4 rings (SSSR count). The summed E-state index contributed by atoms with van der Waals surface area (Å²) in [5.74, 6) is 0.291. The van der Waals surface area contributed by atoms with E-state index in [1.807, 2.05) is 0 Å². The average Bonchev–Trinajstić information content (AvgIpc) is 3.23. The molecule has 2 N–H and O–H groups in total. The molecule has 2 unspecified atom stereocenters. The lowest BCUT2D eigenvalue weighted by Crippen LogP contribution is -2.41. The van der Waals surface area contributed by atoms with Crippen molar-refractivity contribution >= 4 is 11.7 Å². The van der Waals surface area contributed by atoms with Crippen molar-refractivity contribution in [2.45, 2.75) is 24.7 Å². The van der Waals surface area contributed by atoms with Gasteiger partial charge in [-0.15, -0.1) is 0 Å². The zero-order chi connectivity index (χ0) is 22.7. The monoisotopic (exact) mass is 453 g/mol. The largest absolute Gasteiger partial charge is 0.497 e. The van der Waals surface area contributed by atoms with Crippen LogP contribution in [0.15, 0.2) is 30.3 Å². The number of carbonyl (C=O) groups excluding carboxylic acids is 1. The number of benzene rings is 1. The van der Waals surface area contributed by atoms with Crippen molar-refractivity contribution in [3.05, 3.63) is 41.6 Å². The van der Waals surface area contributed by atoms with E-state index >= 15 is 0 Å². The number of ether oxygens (including phenoxy) is 2. The molecule has 2 aromatic rings. The van der Waals surface area contributed by atoms with Crippen LogP contribution in [0.3, 0.4) is 0 Å². The Balaban J connectivity index is 1.47. The molecule has 1 amide bonds. The first-order valence-electron chi connectivity index (χ1n) is 10.5. The van der Waals surface area contributed by atoms with E-state index in [2.05, 4.69) is 20.6 Å². The molecule has 1 saturated heterocycles. The highest BCUT2D eigenvalue weighted by Crippen LogP contribution is 2.43. The number of methoxy groups -OCH3 is 1. The van der Waals surface area contributed by atoms with Gasteiger partial charge in [-0.05, 0) is 17.7 Å². The molecule has 0 aliphatic carbocycles. The van der Waals surface area contributed by atoms with Crippen LogP contribution in [-0.4, -0.2) is 73.3 Å². The van der Waals surface area contributed by atoms with Crippen molar-refractivity contribution in [3.8, 4) is 5.75 Å². The third kappa shape index (κ3) is 4.99. The van der Waals surface area contributed by atoms with Gasteiger partial charge in [0.2, 0.25) is 0 Å². The van der Waals surface area contributed by atoms with Crippen LogP contribution in [0.4, 0.5) is 19.0 Å². The van der Waals surface area contributed by atoms with Gasteiger partial charge in [0.1, 0.15) is 11.6 Å². The van der Waals surface area contributed by atoms with Crippen molar-refractivity contribution in [1.82, 2.24) is 20.0 Å². The summed E-state index contributed by atoms with van der Waals surface area (Å²) in [6.07, 6.45) is -4.74. The van der Waals surface area contributed by atoms with Crippen molar-refractivity contribution in [3.63, 3.8) is 0 Å². The highest BCUT2D eigenvalue weighted by molar-refractivity contribution is 5.93. The van der Waals surface area contributed by atoms with E-state index in [1.54, 1.807) is 24.3 Å². The number of alkyl halides is 3. The molecular formula is C21H26F3N5O3. The molecule has 11 heteroatoms. The van der Waals surface area contributed by atoms with Gasteiger partial charge in [-0.2, -0.15) is 18.3 Å². The minimum Gasteiger partial charge on any atom is -0.497 e. The SMILES string of the molecule is COc1ccc(C2CC(C(F)(F)F)n3nc(C(=O)NCCN4CCOCC4)cc3N2)cc1. The quantitative estimate of drug-likeness (QED) is 0.700. The second-order valence-electron chi connectivity index (χ2n) is 7.83. The van der Waals surface area contributed by atoms with Gasteiger partial charge in [0.05, 0.1) is 26.4 Å². The lowest BCUT2D eigenvalue weighted by molar-refractivity contribution is -0.173. The third-order valence-corrected chi connectivity index (χ3v) is 5.76. The first-order valence-corrected chi connectivity index (χ1v) is 10.5. The second kappa shape index (κ2) is 9.37. The maximum absolute atomic E-state index is 13.8. The van der Waals surface area contributed by atoms with Gasteiger partial charge >= 0.3 is 6.18 Å². The smallest absolute Gasteiger partial charge is 0.410 e. The fourth-order valence-electron chi connectivity index (χ4n) is 3.98. The number of nitrogens with one attached hydrogen (secondary N) is 2. The topological polar surface area (TPSA) is 80.7 Å². The molecule has 174 valence electrons. The van der Waals surface area contributed by atoms with Crippen LogP contribution in [0.5, 0.6) is 5.75 Å². The molecule has 1 aromatic heterocycles. The number of halogens is 3. The molecule has 0 saturated carbocycles. The Hall–Kier alpha value is -2.79. The van der Waals surface area contributed by atoms with Gasteiger partial charge < -0.3 is 20.1 Å². The summed E-state index contributed by atoms with van der Waals surface area (Å²) >= 11 is 0. The van der Waals surface area contributed by atoms with Gasteiger partial charge in [0.15, 0.2) is 11.7 Å². The molecule has 1 fully saturated rings. The van der Waals surface area contributed by atoms with E-state index in [-0.39, 0.29) is 17.9 Å². The number of rotatable bonds is 6. The Morgan fingerprint density at radius 3 is 2.66 bits per heavy atom. The van der Waals surface area contributed by atoms with Gasteiger partial charge in [0, 0.05) is 38.7 Å². The zero-order valence-corrected chi connectivity index (χ0v) is 17.7. The van der Waals surface area contributed by atoms with E-state index in [9.17, 15) is 18.0 Å². The van der Waals surface area contributed by atoms with Crippen molar-refractivity contribution in [2.75, 3.05) is 51.8 Å². The lowest BCUT2D eigenvalue weighted by Gasteiger charge is -2.33. The Kier molecular flexibility index (Phi) is 6.56. The highest BCUT2D eigenvalue weighted by atomic mass is 19.4. The number of nitrogens with zero attached hydrogens (tertiary/aromatic N) is 3. The average molecular weight is 453 g/mol. The summed E-state index contributed by atoms with van der Waals surface area (Å²) in [4.78, 5) is 14.7. The minimum atomic E-state index is -4.50. The molecule has 3 heterocycles. The van der Waals surface area contributed by atoms with E-state index in [1.165, 1.54) is 13.2 Å². The maximum Gasteiger partial charge on any atom is 0.410 e. The summed E-state index contributed by atoms with van der Waals surface area (Å²) in [7, 11) is 1.53. The standard InChI is InChI=1S/C21H26F3N5O3/c1-31-15-4-2-14(3-5-15)16-12-18(21(22,23)24)29-19(26-16)13-17(27-29)20(30)25-6-7-28-8-10-32-11-9-28/h2-5,13,16,18,26H,6-12H2,1H3,(H,25,30). The van der Waals surface area contributed by atoms with Crippen molar-refractivity contribution < 1.29 is 27.4 Å².